The van der Waals surface area contributed by atoms with Gasteiger partial charge < -0.3 is 16.0 Å². The first-order chi connectivity index (χ1) is 15.7. The number of halogens is 2. The van der Waals surface area contributed by atoms with Gasteiger partial charge >= 0.3 is 0 Å². The third-order valence-corrected chi connectivity index (χ3v) is 7.82. The Morgan fingerprint density at radius 3 is 2.70 bits per heavy atom. The molecular formula is C22H19ClFN3O4S2. The summed E-state index contributed by atoms with van der Waals surface area (Å²) in [5.74, 6) is -2.29. The van der Waals surface area contributed by atoms with Crippen LogP contribution in [0.2, 0.25) is 5.02 Å². The minimum atomic E-state index is -3.75. The Balaban J connectivity index is 1.42. The second-order valence-corrected chi connectivity index (χ2v) is 11.0. The highest BCUT2D eigenvalue weighted by Crippen LogP contribution is 2.29. The number of hydrogen-bond donors (Lipinski definition) is 3. The van der Waals surface area contributed by atoms with E-state index >= 15 is 0 Å². The van der Waals surface area contributed by atoms with Gasteiger partial charge in [0, 0.05) is 15.5 Å². The molecule has 33 heavy (non-hydrogen) atoms. The van der Waals surface area contributed by atoms with Crippen molar-refractivity contribution < 1.29 is 22.4 Å². The maximum Gasteiger partial charge on any atom is 0.251 e. The Morgan fingerprint density at radius 1 is 1.15 bits per heavy atom. The standard InChI is InChI=1S/C22H19ClFN3O4S2/c23-17-9-15(24)5-3-14(17)11-33(30,31)12-20-22(29)27-19-8-13(4-6-18(19)26-20)21(28)25-10-16-2-1-7-32-16/h1-9,20,26H,10-12H2,(H,25,28)(H,27,29). The molecule has 11 heteroatoms. The molecule has 7 nitrogen and oxygen atoms in total. The smallest absolute Gasteiger partial charge is 0.251 e. The molecule has 0 saturated carbocycles. The molecule has 0 spiro atoms. The maximum atomic E-state index is 13.2. The average Bonchev–Trinajstić information content (AvgIpc) is 3.28. The minimum absolute atomic E-state index is 0.00913. The van der Waals surface area contributed by atoms with Gasteiger partial charge in [0.15, 0.2) is 9.84 Å². The number of fused-ring (bicyclic) bond motifs is 1. The first kappa shape index (κ1) is 23.2. The normalized spacial score (nSPS) is 15.3. The van der Waals surface area contributed by atoms with Crippen molar-refractivity contribution in [3.05, 3.63) is 80.8 Å². The molecule has 3 aromatic rings. The number of anilines is 2. The first-order valence-electron chi connectivity index (χ1n) is 9.86. The van der Waals surface area contributed by atoms with E-state index in [1.165, 1.54) is 23.5 Å². The van der Waals surface area contributed by atoms with Crippen molar-refractivity contribution in [2.45, 2.75) is 18.3 Å². The number of amides is 2. The summed E-state index contributed by atoms with van der Waals surface area (Å²) in [5, 5.41) is 10.3. The van der Waals surface area contributed by atoms with Crippen LogP contribution in [-0.2, 0) is 26.9 Å². The van der Waals surface area contributed by atoms with Crippen molar-refractivity contribution in [1.82, 2.24) is 5.32 Å². The van der Waals surface area contributed by atoms with E-state index in [0.717, 1.165) is 17.0 Å². The van der Waals surface area contributed by atoms with Crippen LogP contribution in [-0.4, -0.2) is 32.0 Å². The second kappa shape index (κ2) is 9.50. The molecule has 0 saturated heterocycles. The van der Waals surface area contributed by atoms with E-state index in [-0.39, 0.29) is 16.5 Å². The number of nitrogens with one attached hydrogen (secondary N) is 3. The lowest BCUT2D eigenvalue weighted by Crippen LogP contribution is -2.43. The van der Waals surface area contributed by atoms with Gasteiger partial charge in [-0.15, -0.1) is 11.3 Å². The fourth-order valence-corrected chi connectivity index (χ4v) is 5.92. The summed E-state index contributed by atoms with van der Waals surface area (Å²) in [6, 6.07) is 11.0. The van der Waals surface area contributed by atoms with Crippen molar-refractivity contribution in [1.29, 1.82) is 0 Å². The molecule has 3 N–H and O–H groups in total. The molecule has 1 atom stereocenters. The number of sulfone groups is 1. The van der Waals surface area contributed by atoms with Gasteiger partial charge in [-0.2, -0.15) is 0 Å². The van der Waals surface area contributed by atoms with Gasteiger partial charge in [-0.1, -0.05) is 23.7 Å². The van der Waals surface area contributed by atoms with Crippen LogP contribution in [0.4, 0.5) is 15.8 Å². The number of rotatable bonds is 7. The van der Waals surface area contributed by atoms with Crippen molar-refractivity contribution >= 4 is 56.0 Å². The third-order valence-electron chi connectivity index (χ3n) is 5.00. The molecule has 2 aromatic carbocycles. The number of carbonyl (C=O) groups is 2. The van der Waals surface area contributed by atoms with Gasteiger partial charge in [-0.3, -0.25) is 9.59 Å². The molecule has 4 rings (SSSR count). The van der Waals surface area contributed by atoms with Gasteiger partial charge in [0.25, 0.3) is 5.91 Å². The predicted molar refractivity (Wildman–Crippen MR) is 127 cm³/mol. The van der Waals surface area contributed by atoms with Crippen LogP contribution < -0.4 is 16.0 Å². The first-order valence-corrected chi connectivity index (χ1v) is 12.9. The lowest BCUT2D eigenvalue weighted by atomic mass is 10.1. The molecule has 0 radical (unpaired) electrons. The summed E-state index contributed by atoms with van der Waals surface area (Å²) in [6.07, 6.45) is 0. The Kier molecular flexibility index (Phi) is 6.68. The molecule has 2 heterocycles. The van der Waals surface area contributed by atoms with E-state index in [0.29, 0.717) is 23.5 Å². The molecule has 0 bridgehead atoms. The van der Waals surface area contributed by atoms with Gasteiger partial charge in [0.2, 0.25) is 5.91 Å². The van der Waals surface area contributed by atoms with Gasteiger partial charge in [-0.05, 0) is 47.3 Å². The third kappa shape index (κ3) is 5.70. The summed E-state index contributed by atoms with van der Waals surface area (Å²) in [7, 11) is -3.75. The lowest BCUT2D eigenvalue weighted by Gasteiger charge is -2.27. The average molecular weight is 508 g/mol. The summed E-state index contributed by atoms with van der Waals surface area (Å²) in [4.78, 5) is 26.0. The quantitative estimate of drug-likeness (QED) is 0.451. The zero-order valence-corrected chi connectivity index (χ0v) is 19.5. The Morgan fingerprint density at radius 2 is 1.97 bits per heavy atom. The summed E-state index contributed by atoms with van der Waals surface area (Å²) in [5.41, 5.74) is 1.51. The Bertz CT molecular complexity index is 1310. The van der Waals surface area contributed by atoms with Crippen molar-refractivity contribution in [3.8, 4) is 0 Å². The summed E-state index contributed by atoms with van der Waals surface area (Å²) < 4.78 is 38.5. The van der Waals surface area contributed by atoms with Crippen LogP contribution in [0, 0.1) is 5.82 Å². The maximum absolute atomic E-state index is 13.2. The molecule has 2 amide bonds. The van der Waals surface area contributed by atoms with Crippen molar-refractivity contribution in [2.24, 2.45) is 0 Å². The highest BCUT2D eigenvalue weighted by molar-refractivity contribution is 7.90. The van der Waals surface area contributed by atoms with E-state index in [1.807, 2.05) is 17.5 Å². The van der Waals surface area contributed by atoms with E-state index in [2.05, 4.69) is 16.0 Å². The predicted octanol–water partition coefficient (Wildman–Crippen LogP) is 3.82. The van der Waals surface area contributed by atoms with Gasteiger partial charge in [0.05, 0.1) is 29.4 Å². The largest absolute Gasteiger partial charge is 0.371 e. The van der Waals surface area contributed by atoms with Gasteiger partial charge in [0.1, 0.15) is 11.9 Å². The Hall–Kier alpha value is -2.95. The van der Waals surface area contributed by atoms with Crippen LogP contribution >= 0.6 is 22.9 Å². The van der Waals surface area contributed by atoms with E-state index < -0.39 is 39.1 Å². The van der Waals surface area contributed by atoms with Crippen LogP contribution in [0.3, 0.4) is 0 Å². The van der Waals surface area contributed by atoms with E-state index in [9.17, 15) is 22.4 Å². The zero-order valence-electron chi connectivity index (χ0n) is 17.1. The number of hydrogen-bond acceptors (Lipinski definition) is 6. The van der Waals surface area contributed by atoms with Gasteiger partial charge in [-0.25, -0.2) is 12.8 Å². The number of thiophene rings is 1. The second-order valence-electron chi connectivity index (χ2n) is 7.50. The molecule has 1 aliphatic rings. The highest BCUT2D eigenvalue weighted by Gasteiger charge is 2.31. The molecule has 1 aliphatic heterocycles. The number of benzene rings is 2. The van der Waals surface area contributed by atoms with Crippen molar-refractivity contribution in [2.75, 3.05) is 16.4 Å². The summed E-state index contributed by atoms with van der Waals surface area (Å²) >= 11 is 7.47. The highest BCUT2D eigenvalue weighted by atomic mass is 35.5. The molecular weight excluding hydrogens is 489 g/mol. The zero-order chi connectivity index (χ0) is 23.6. The monoisotopic (exact) mass is 507 g/mol. The minimum Gasteiger partial charge on any atom is -0.371 e. The van der Waals surface area contributed by atoms with Crippen LogP contribution in [0.25, 0.3) is 0 Å². The van der Waals surface area contributed by atoms with Crippen LogP contribution in [0.1, 0.15) is 20.8 Å². The topological polar surface area (TPSA) is 104 Å². The van der Waals surface area contributed by atoms with Crippen molar-refractivity contribution in [3.63, 3.8) is 0 Å². The fraction of sp³-hybridized carbons (Fsp3) is 0.182. The molecule has 0 aliphatic carbocycles. The van der Waals surface area contributed by atoms with Crippen LogP contribution in [0.15, 0.2) is 53.9 Å². The fourth-order valence-electron chi connectivity index (χ4n) is 3.38. The molecule has 1 unspecified atom stereocenters. The molecule has 172 valence electrons. The summed E-state index contributed by atoms with van der Waals surface area (Å²) in [6.45, 7) is 0.399. The van der Waals surface area contributed by atoms with Crippen LogP contribution in [0.5, 0.6) is 0 Å². The lowest BCUT2D eigenvalue weighted by molar-refractivity contribution is -0.116. The van der Waals surface area contributed by atoms with E-state index in [1.54, 1.807) is 12.1 Å². The number of carbonyl (C=O) groups excluding carboxylic acids is 2. The molecule has 1 aromatic heterocycles. The van der Waals surface area contributed by atoms with E-state index in [4.69, 9.17) is 11.6 Å². The SMILES string of the molecule is O=C(NCc1cccs1)c1ccc2c(c1)NC(=O)C(CS(=O)(=O)Cc1ccc(F)cc1Cl)N2. The Labute approximate surface area is 198 Å². The molecule has 0 fully saturated rings.